The molecule has 1 aromatic rings. The third kappa shape index (κ3) is 4.65. The summed E-state index contributed by atoms with van der Waals surface area (Å²) in [6, 6.07) is 2.75. The number of piperidine rings is 1. The molecule has 3 heterocycles. The van der Waals surface area contributed by atoms with E-state index in [0.717, 1.165) is 25.3 Å². The number of alkyl halides is 3. The highest BCUT2D eigenvalue weighted by atomic mass is 19.4. The van der Waals surface area contributed by atoms with E-state index in [1.807, 2.05) is 25.7 Å². The van der Waals surface area contributed by atoms with Crippen molar-refractivity contribution in [3.05, 3.63) is 24.0 Å². The van der Waals surface area contributed by atoms with Crippen molar-refractivity contribution in [2.24, 2.45) is 5.41 Å². The molecule has 150 valence electrons. The number of anilines is 1. The van der Waals surface area contributed by atoms with Crippen molar-refractivity contribution in [1.29, 1.82) is 0 Å². The number of aromatic nitrogens is 1. The molecular formula is C19H26F3N3O2. The van der Waals surface area contributed by atoms with Gasteiger partial charge in [-0.3, -0.25) is 4.98 Å². The number of halogens is 3. The first-order chi connectivity index (χ1) is 12.5. The Balaban J connectivity index is 1.61. The Morgan fingerprint density at radius 3 is 2.37 bits per heavy atom. The lowest BCUT2D eigenvalue weighted by molar-refractivity contribution is -0.141. The average Bonchev–Trinajstić information content (AvgIpc) is 2.97. The van der Waals surface area contributed by atoms with Crippen LogP contribution in [0.15, 0.2) is 18.3 Å². The summed E-state index contributed by atoms with van der Waals surface area (Å²) >= 11 is 0. The van der Waals surface area contributed by atoms with Gasteiger partial charge in [-0.1, -0.05) is 0 Å². The molecule has 1 amide bonds. The smallest absolute Gasteiger partial charge is 0.433 e. The van der Waals surface area contributed by atoms with Crippen molar-refractivity contribution in [3.63, 3.8) is 0 Å². The lowest BCUT2D eigenvalue weighted by Gasteiger charge is -2.39. The van der Waals surface area contributed by atoms with Gasteiger partial charge in [0.25, 0.3) is 0 Å². The summed E-state index contributed by atoms with van der Waals surface area (Å²) in [7, 11) is 0. The lowest BCUT2D eigenvalue weighted by atomic mass is 9.78. The molecule has 2 fully saturated rings. The summed E-state index contributed by atoms with van der Waals surface area (Å²) in [6.07, 6.45) is -0.935. The van der Waals surface area contributed by atoms with E-state index in [1.165, 1.54) is 6.20 Å². The van der Waals surface area contributed by atoms with Crippen LogP contribution in [0.2, 0.25) is 0 Å². The normalized spacial score (nSPS) is 20.2. The molecule has 0 aromatic carbocycles. The number of rotatable bonds is 1. The minimum Gasteiger partial charge on any atom is -0.444 e. The molecule has 0 atom stereocenters. The van der Waals surface area contributed by atoms with Crippen molar-refractivity contribution in [2.45, 2.75) is 51.8 Å². The van der Waals surface area contributed by atoms with Crippen LogP contribution in [0.5, 0.6) is 0 Å². The first kappa shape index (κ1) is 19.8. The number of ether oxygens (including phenoxy) is 1. The molecule has 1 aromatic heterocycles. The second-order valence-corrected chi connectivity index (χ2v) is 8.54. The van der Waals surface area contributed by atoms with Gasteiger partial charge in [0, 0.05) is 38.1 Å². The van der Waals surface area contributed by atoms with Gasteiger partial charge in [-0.15, -0.1) is 0 Å². The van der Waals surface area contributed by atoms with Crippen molar-refractivity contribution in [2.75, 3.05) is 31.1 Å². The SMILES string of the molecule is CC(C)(C)OC(=O)N1CCC2(CC1)CCN(c1ccnc(C(F)(F)F)c1)C2. The van der Waals surface area contributed by atoms with Crippen LogP contribution in [0.3, 0.4) is 0 Å². The van der Waals surface area contributed by atoms with E-state index in [4.69, 9.17) is 4.74 Å². The molecule has 2 aliphatic rings. The third-order valence-corrected chi connectivity index (χ3v) is 5.31. The molecule has 2 aliphatic heterocycles. The van der Waals surface area contributed by atoms with Crippen molar-refractivity contribution < 1.29 is 22.7 Å². The van der Waals surface area contributed by atoms with E-state index >= 15 is 0 Å². The number of pyridine rings is 1. The quantitative estimate of drug-likeness (QED) is 0.722. The highest BCUT2D eigenvalue weighted by Crippen LogP contribution is 2.42. The predicted molar refractivity (Wildman–Crippen MR) is 95.5 cm³/mol. The van der Waals surface area contributed by atoms with E-state index < -0.39 is 17.5 Å². The van der Waals surface area contributed by atoms with E-state index in [1.54, 1.807) is 11.0 Å². The lowest BCUT2D eigenvalue weighted by Crippen LogP contribution is -2.46. The minimum absolute atomic E-state index is 0.0418. The molecule has 5 nitrogen and oxygen atoms in total. The van der Waals surface area contributed by atoms with Crippen LogP contribution in [0.4, 0.5) is 23.7 Å². The van der Waals surface area contributed by atoms with E-state index in [0.29, 0.717) is 31.9 Å². The van der Waals surface area contributed by atoms with Gasteiger partial charge >= 0.3 is 12.3 Å². The first-order valence-electron chi connectivity index (χ1n) is 9.24. The van der Waals surface area contributed by atoms with Gasteiger partial charge in [-0.2, -0.15) is 13.2 Å². The van der Waals surface area contributed by atoms with E-state index in [-0.39, 0.29) is 11.5 Å². The van der Waals surface area contributed by atoms with Gasteiger partial charge in [-0.05, 0) is 57.6 Å². The number of hydrogen-bond acceptors (Lipinski definition) is 4. The number of hydrogen-bond donors (Lipinski definition) is 0. The van der Waals surface area contributed by atoms with Crippen molar-refractivity contribution in [1.82, 2.24) is 9.88 Å². The van der Waals surface area contributed by atoms with Gasteiger partial charge in [0.1, 0.15) is 11.3 Å². The second-order valence-electron chi connectivity index (χ2n) is 8.54. The van der Waals surface area contributed by atoms with Crippen molar-refractivity contribution >= 4 is 11.8 Å². The topological polar surface area (TPSA) is 45.7 Å². The Morgan fingerprint density at radius 1 is 1.15 bits per heavy atom. The maximum atomic E-state index is 12.9. The Morgan fingerprint density at radius 2 is 1.78 bits per heavy atom. The number of amides is 1. The van der Waals surface area contributed by atoms with Gasteiger partial charge in [0.15, 0.2) is 0 Å². The Kier molecular flexibility index (Phi) is 5.03. The summed E-state index contributed by atoms with van der Waals surface area (Å²) in [4.78, 5) is 19.4. The number of carbonyl (C=O) groups is 1. The molecule has 0 saturated carbocycles. The predicted octanol–water partition coefficient (Wildman–Crippen LogP) is 4.33. The molecular weight excluding hydrogens is 359 g/mol. The molecule has 27 heavy (non-hydrogen) atoms. The molecule has 0 unspecified atom stereocenters. The third-order valence-electron chi connectivity index (χ3n) is 5.31. The Bertz CT molecular complexity index is 692. The van der Waals surface area contributed by atoms with Crippen LogP contribution >= 0.6 is 0 Å². The van der Waals surface area contributed by atoms with Crippen molar-refractivity contribution in [3.8, 4) is 0 Å². The molecule has 2 saturated heterocycles. The monoisotopic (exact) mass is 385 g/mol. The Labute approximate surface area is 157 Å². The van der Waals surface area contributed by atoms with Crippen LogP contribution in [0.1, 0.15) is 45.7 Å². The summed E-state index contributed by atoms with van der Waals surface area (Å²) in [5, 5.41) is 0. The second kappa shape index (κ2) is 6.87. The standard InChI is InChI=1S/C19H26F3N3O2/c1-17(2,3)27-16(26)24-9-5-18(6-10-24)7-11-25(13-18)14-4-8-23-15(12-14)19(20,21)22/h4,8,12H,5-7,9-11,13H2,1-3H3. The zero-order chi connectivity index (χ0) is 19.9. The van der Waals surface area contributed by atoms with Crippen LogP contribution < -0.4 is 4.90 Å². The van der Waals surface area contributed by atoms with Crippen LogP contribution in [0.25, 0.3) is 0 Å². The van der Waals surface area contributed by atoms with Crippen LogP contribution in [0, 0.1) is 5.41 Å². The van der Waals surface area contributed by atoms with Crippen LogP contribution in [-0.2, 0) is 10.9 Å². The van der Waals surface area contributed by atoms with Gasteiger partial charge in [0.2, 0.25) is 0 Å². The summed E-state index contributed by atoms with van der Waals surface area (Å²) in [6.45, 7) is 8.18. The van der Waals surface area contributed by atoms with E-state index in [2.05, 4.69) is 4.98 Å². The molecule has 3 rings (SSSR count). The molecule has 0 N–H and O–H groups in total. The molecule has 0 radical (unpaired) electrons. The summed E-state index contributed by atoms with van der Waals surface area (Å²) in [5.74, 6) is 0. The maximum Gasteiger partial charge on any atom is 0.433 e. The highest BCUT2D eigenvalue weighted by Gasteiger charge is 2.42. The van der Waals surface area contributed by atoms with Gasteiger partial charge in [0.05, 0.1) is 0 Å². The Hall–Kier alpha value is -1.99. The minimum atomic E-state index is -4.44. The zero-order valence-corrected chi connectivity index (χ0v) is 16.0. The fraction of sp³-hybridized carbons (Fsp3) is 0.684. The fourth-order valence-electron chi connectivity index (χ4n) is 3.82. The first-order valence-corrected chi connectivity index (χ1v) is 9.24. The highest BCUT2D eigenvalue weighted by molar-refractivity contribution is 5.68. The number of likely N-dealkylation sites (tertiary alicyclic amines) is 1. The maximum absolute atomic E-state index is 12.9. The number of nitrogens with zero attached hydrogens (tertiary/aromatic N) is 3. The summed E-state index contributed by atoms with van der Waals surface area (Å²) < 4.78 is 44.2. The molecule has 8 heteroatoms. The van der Waals surface area contributed by atoms with E-state index in [9.17, 15) is 18.0 Å². The summed E-state index contributed by atoms with van der Waals surface area (Å²) in [5.41, 5.74) is -0.780. The molecule has 1 spiro atoms. The molecule has 0 bridgehead atoms. The zero-order valence-electron chi connectivity index (χ0n) is 16.0. The average molecular weight is 385 g/mol. The number of carbonyl (C=O) groups excluding carboxylic acids is 1. The van der Waals surface area contributed by atoms with Gasteiger partial charge < -0.3 is 14.5 Å². The van der Waals surface area contributed by atoms with Crippen LogP contribution in [-0.4, -0.2) is 47.8 Å². The van der Waals surface area contributed by atoms with Gasteiger partial charge in [-0.25, -0.2) is 4.79 Å². The fourth-order valence-corrected chi connectivity index (χ4v) is 3.82. The molecule has 0 aliphatic carbocycles. The largest absolute Gasteiger partial charge is 0.444 e.